The van der Waals surface area contributed by atoms with Gasteiger partial charge in [0.15, 0.2) is 5.96 Å². The van der Waals surface area contributed by atoms with Gasteiger partial charge in [-0.3, -0.25) is 0 Å². The summed E-state index contributed by atoms with van der Waals surface area (Å²) in [5, 5.41) is 13.5. The molecule has 0 radical (unpaired) electrons. The summed E-state index contributed by atoms with van der Waals surface area (Å²) in [6, 6.07) is 13.2. The Morgan fingerprint density at radius 1 is 1.16 bits per heavy atom. The highest BCUT2D eigenvalue weighted by atomic mass is 35.5. The van der Waals surface area contributed by atoms with E-state index in [4.69, 9.17) is 15.0 Å². The minimum atomic E-state index is -0.344. The van der Waals surface area contributed by atoms with Crippen LogP contribution in [0, 0.1) is 5.82 Å². The Bertz CT molecular complexity index is 1050. The lowest BCUT2D eigenvalue weighted by atomic mass is 9.95. The van der Waals surface area contributed by atoms with Crippen LogP contribution in [0.25, 0.3) is 11.1 Å². The fourth-order valence-electron chi connectivity index (χ4n) is 3.36. The maximum Gasteiger partial charge on any atom is 0.253 e. The van der Waals surface area contributed by atoms with Crippen LogP contribution < -0.4 is 5.73 Å². The molecule has 0 spiro atoms. The summed E-state index contributed by atoms with van der Waals surface area (Å²) in [6.45, 7) is 4.51. The van der Waals surface area contributed by atoms with Gasteiger partial charge in [0.2, 0.25) is 0 Å². The number of morpholine rings is 1. The summed E-state index contributed by atoms with van der Waals surface area (Å²) in [5.41, 5.74) is 8.61. The van der Waals surface area contributed by atoms with Crippen LogP contribution in [0.15, 0.2) is 58.0 Å². The summed E-state index contributed by atoms with van der Waals surface area (Å²) < 4.78 is 25.4. The molecule has 9 heteroatoms. The topological polar surface area (TPSA) is 97.1 Å². The van der Waals surface area contributed by atoms with Gasteiger partial charge in [0.1, 0.15) is 11.6 Å². The Hall–Kier alpha value is -3.10. The lowest BCUT2D eigenvalue weighted by Gasteiger charge is -2.27. The zero-order chi connectivity index (χ0) is 21.1. The second kappa shape index (κ2) is 9.80. The van der Waals surface area contributed by atoms with Crippen molar-refractivity contribution in [2.75, 3.05) is 26.3 Å². The molecular weight excluding hydrogens is 423 g/mol. The predicted molar refractivity (Wildman–Crippen MR) is 118 cm³/mol. The maximum atomic E-state index is 14.7. The van der Waals surface area contributed by atoms with Crippen molar-refractivity contribution >= 4 is 24.3 Å². The number of nitrogens with zero attached hydrogens (tertiary/aromatic N) is 3. The molecule has 2 aromatic carbocycles. The molecule has 0 bridgehead atoms. The van der Waals surface area contributed by atoms with E-state index in [9.17, 15) is 9.50 Å². The van der Waals surface area contributed by atoms with E-state index in [1.54, 1.807) is 24.3 Å². The molecule has 1 aliphatic heterocycles. The van der Waals surface area contributed by atoms with E-state index < -0.39 is 0 Å². The van der Waals surface area contributed by atoms with Crippen molar-refractivity contribution in [1.82, 2.24) is 10.1 Å². The molecule has 1 atom stereocenters. The number of halogens is 2. The minimum Gasteiger partial charge on any atom is -0.508 e. The van der Waals surface area contributed by atoms with Crippen LogP contribution in [-0.2, 0) is 4.74 Å². The number of aromatic hydroxyl groups is 1. The van der Waals surface area contributed by atoms with Gasteiger partial charge in [0, 0.05) is 30.6 Å². The molecule has 164 valence electrons. The quantitative estimate of drug-likeness (QED) is 0.463. The van der Waals surface area contributed by atoms with E-state index in [-0.39, 0.29) is 29.9 Å². The van der Waals surface area contributed by atoms with Gasteiger partial charge in [-0.15, -0.1) is 12.4 Å². The van der Waals surface area contributed by atoms with Crippen molar-refractivity contribution < 1.29 is 18.8 Å². The Morgan fingerprint density at radius 2 is 1.87 bits per heavy atom. The van der Waals surface area contributed by atoms with Crippen molar-refractivity contribution in [2.45, 2.75) is 12.8 Å². The number of guanidine groups is 1. The lowest BCUT2D eigenvalue weighted by Crippen LogP contribution is -2.44. The van der Waals surface area contributed by atoms with E-state index in [2.05, 4.69) is 10.1 Å². The zero-order valence-electron chi connectivity index (χ0n) is 17.0. The third-order valence-corrected chi connectivity index (χ3v) is 5.19. The molecule has 31 heavy (non-hydrogen) atoms. The maximum absolute atomic E-state index is 14.7. The van der Waals surface area contributed by atoms with Gasteiger partial charge >= 0.3 is 0 Å². The van der Waals surface area contributed by atoms with E-state index in [1.165, 1.54) is 18.2 Å². The molecule has 1 aliphatic rings. The van der Waals surface area contributed by atoms with Gasteiger partial charge < -0.3 is 25.0 Å². The van der Waals surface area contributed by atoms with Crippen LogP contribution >= 0.6 is 12.4 Å². The molecule has 4 rings (SSSR count). The van der Waals surface area contributed by atoms with Crippen molar-refractivity contribution in [2.24, 2.45) is 10.7 Å². The van der Waals surface area contributed by atoms with Crippen LogP contribution in [-0.4, -0.2) is 47.4 Å². The molecule has 3 aromatic rings. The summed E-state index contributed by atoms with van der Waals surface area (Å²) in [7, 11) is 0. The Balaban J connectivity index is 0.00000272. The number of phenolic OH excluding ortho intramolecular Hbond substituents is 1. The van der Waals surface area contributed by atoms with Crippen LogP contribution in [0.5, 0.6) is 5.75 Å². The first-order chi connectivity index (χ1) is 14.5. The molecule has 1 aromatic heterocycles. The second-order valence-corrected chi connectivity index (χ2v) is 7.17. The van der Waals surface area contributed by atoms with Gasteiger partial charge in [-0.1, -0.05) is 36.3 Å². The molecule has 7 nitrogen and oxygen atoms in total. The first-order valence-electron chi connectivity index (χ1n) is 9.73. The van der Waals surface area contributed by atoms with Crippen LogP contribution in [0.4, 0.5) is 10.3 Å². The zero-order valence-corrected chi connectivity index (χ0v) is 17.8. The van der Waals surface area contributed by atoms with Gasteiger partial charge in [0.05, 0.1) is 18.9 Å². The van der Waals surface area contributed by atoms with Crippen LogP contribution in [0.3, 0.4) is 0 Å². The lowest BCUT2D eigenvalue weighted by molar-refractivity contribution is 0.0675. The van der Waals surface area contributed by atoms with E-state index >= 15 is 0 Å². The minimum absolute atomic E-state index is 0. The van der Waals surface area contributed by atoms with E-state index in [1.807, 2.05) is 17.9 Å². The number of hydrogen-bond acceptors (Lipinski definition) is 5. The molecule has 2 heterocycles. The molecule has 1 unspecified atom stereocenters. The second-order valence-electron chi connectivity index (χ2n) is 7.17. The first kappa shape index (κ1) is 22.6. The van der Waals surface area contributed by atoms with Crippen molar-refractivity contribution in [3.63, 3.8) is 0 Å². The summed E-state index contributed by atoms with van der Waals surface area (Å²) in [6.07, 6.45) is 0. The molecule has 0 saturated carbocycles. The smallest absolute Gasteiger partial charge is 0.253 e. The highest BCUT2D eigenvalue weighted by molar-refractivity contribution is 5.85. The number of rotatable bonds is 4. The van der Waals surface area contributed by atoms with Crippen molar-refractivity contribution in [1.29, 1.82) is 0 Å². The van der Waals surface area contributed by atoms with E-state index in [0.29, 0.717) is 55.0 Å². The summed E-state index contributed by atoms with van der Waals surface area (Å²) >= 11 is 0. The number of hydrogen-bond donors (Lipinski definition) is 2. The monoisotopic (exact) mass is 446 g/mol. The summed E-state index contributed by atoms with van der Waals surface area (Å²) in [4.78, 5) is 6.22. The SMILES string of the molecule is CC(c1ccc(-c2ccc(O)cc2)c(F)c1)c1cc(/N=C(\N)N2CCOCC2)on1.Cl. The first-order valence-corrected chi connectivity index (χ1v) is 9.73. The van der Waals surface area contributed by atoms with Gasteiger partial charge in [-0.2, -0.15) is 4.99 Å². The third-order valence-electron chi connectivity index (χ3n) is 5.19. The molecule has 1 saturated heterocycles. The fraction of sp³-hybridized carbons (Fsp3) is 0.273. The molecular formula is C22H24ClFN4O3. The van der Waals surface area contributed by atoms with Crippen LogP contribution in [0.1, 0.15) is 24.1 Å². The van der Waals surface area contributed by atoms with Gasteiger partial charge in [-0.05, 0) is 29.3 Å². The normalized spacial score (nSPS) is 15.4. The van der Waals surface area contributed by atoms with Crippen molar-refractivity contribution in [3.8, 4) is 16.9 Å². The number of ether oxygens (including phenoxy) is 1. The number of benzene rings is 2. The Labute approximate surface area is 185 Å². The highest BCUT2D eigenvalue weighted by Gasteiger charge is 2.18. The predicted octanol–water partition coefficient (Wildman–Crippen LogP) is 4.04. The average molecular weight is 447 g/mol. The van der Waals surface area contributed by atoms with Gasteiger partial charge in [0.25, 0.3) is 5.88 Å². The molecule has 3 N–H and O–H groups in total. The van der Waals surface area contributed by atoms with Crippen LogP contribution in [0.2, 0.25) is 0 Å². The summed E-state index contributed by atoms with van der Waals surface area (Å²) in [5.74, 6) is 0.275. The van der Waals surface area contributed by atoms with Gasteiger partial charge in [-0.25, -0.2) is 4.39 Å². The Kier molecular flexibility index (Phi) is 7.14. The third kappa shape index (κ3) is 5.15. The number of phenols is 1. The highest BCUT2D eigenvalue weighted by Crippen LogP contribution is 2.31. The fourth-order valence-corrected chi connectivity index (χ4v) is 3.36. The molecule has 0 amide bonds. The largest absolute Gasteiger partial charge is 0.508 e. The number of nitrogens with two attached hydrogens (primary N) is 1. The molecule has 0 aliphatic carbocycles. The average Bonchev–Trinajstić information content (AvgIpc) is 3.23. The van der Waals surface area contributed by atoms with Crippen molar-refractivity contribution in [3.05, 3.63) is 65.6 Å². The number of aromatic nitrogens is 1. The Morgan fingerprint density at radius 3 is 2.55 bits per heavy atom. The number of aliphatic imine (C=N–C) groups is 1. The molecule has 1 fully saturated rings. The van der Waals surface area contributed by atoms with E-state index in [0.717, 1.165) is 5.56 Å². The standard InChI is InChI=1S/C22H23FN4O3.ClH/c1-14(16-4-7-18(19(23)12-16)15-2-5-17(28)6-3-15)20-13-21(30-26-20)25-22(24)27-8-10-29-11-9-27;/h2-7,12-14,28H,8-11H2,1H3,(H2,24,25);1H.